The number of fused-ring (bicyclic) bond motifs is 5. The van der Waals surface area contributed by atoms with Gasteiger partial charge in [-0.3, -0.25) is 14.6 Å². The number of esters is 1. The van der Waals surface area contributed by atoms with Gasteiger partial charge in [-0.05, 0) is 107 Å². The van der Waals surface area contributed by atoms with Crippen LogP contribution in [0.5, 0.6) is 0 Å². The number of nitrogens with zero attached hydrogens (tertiary/aromatic N) is 2. The molecule has 10 atom stereocenters. The molecule has 204 valence electrons. The molecule has 0 aromatic heterocycles. The van der Waals surface area contributed by atoms with Crippen molar-refractivity contribution in [3.8, 4) is 0 Å². The molecule has 6 aliphatic rings. The van der Waals surface area contributed by atoms with E-state index in [2.05, 4.69) is 30.6 Å². The Morgan fingerprint density at radius 1 is 0.944 bits per heavy atom. The van der Waals surface area contributed by atoms with E-state index in [0.717, 1.165) is 58.7 Å². The summed E-state index contributed by atoms with van der Waals surface area (Å²) in [4.78, 5) is 17.6. The Balaban J connectivity index is 1.30. The first-order valence-electron chi connectivity index (χ1n) is 15.1. The maximum absolute atomic E-state index is 12.4. The van der Waals surface area contributed by atoms with Gasteiger partial charge in [0.2, 0.25) is 0 Å². The zero-order chi connectivity index (χ0) is 25.3. The maximum atomic E-state index is 12.4. The summed E-state index contributed by atoms with van der Waals surface area (Å²) in [6.07, 6.45) is 10.5. The van der Waals surface area contributed by atoms with Crippen LogP contribution in [0.1, 0.15) is 85.5 Å². The van der Waals surface area contributed by atoms with Gasteiger partial charge in [0.05, 0.1) is 25.4 Å². The first-order valence-corrected chi connectivity index (χ1v) is 15.1. The lowest BCUT2D eigenvalue weighted by atomic mass is 9.44. The average molecular weight is 503 g/mol. The molecule has 0 amide bonds. The van der Waals surface area contributed by atoms with Gasteiger partial charge >= 0.3 is 5.97 Å². The molecule has 2 aliphatic heterocycles. The topological polar surface area (TPSA) is 62.2 Å². The molecule has 6 nitrogen and oxygen atoms in total. The maximum Gasteiger partial charge on any atom is 0.303 e. The Bertz CT molecular complexity index is 841. The first-order chi connectivity index (χ1) is 17.2. The van der Waals surface area contributed by atoms with Crippen LogP contribution in [0.2, 0.25) is 0 Å². The lowest BCUT2D eigenvalue weighted by molar-refractivity contribution is -0.195. The Labute approximate surface area is 218 Å². The second kappa shape index (κ2) is 9.20. The normalized spacial score (nSPS) is 51.9. The number of carbonyl (C=O) groups is 1. The number of aliphatic hydroxyl groups is 1. The van der Waals surface area contributed by atoms with Crippen LogP contribution in [0.3, 0.4) is 0 Å². The molecular formula is C30H50N2O4. The summed E-state index contributed by atoms with van der Waals surface area (Å²) < 4.78 is 12.0. The summed E-state index contributed by atoms with van der Waals surface area (Å²) in [5.74, 6) is 2.54. The lowest BCUT2D eigenvalue weighted by Crippen LogP contribution is -2.62. The van der Waals surface area contributed by atoms with Crippen molar-refractivity contribution in [1.29, 1.82) is 0 Å². The molecule has 0 radical (unpaired) electrons. The minimum Gasteiger partial charge on any atom is -0.457 e. The van der Waals surface area contributed by atoms with Gasteiger partial charge in [-0.1, -0.05) is 13.8 Å². The van der Waals surface area contributed by atoms with E-state index >= 15 is 0 Å². The fourth-order valence-corrected chi connectivity index (χ4v) is 10.8. The van der Waals surface area contributed by atoms with Gasteiger partial charge in [-0.15, -0.1) is 0 Å². The average Bonchev–Trinajstić information content (AvgIpc) is 3.44. The number of hydrogen-bond donors (Lipinski definition) is 1. The molecule has 1 N–H and O–H groups in total. The van der Waals surface area contributed by atoms with Gasteiger partial charge < -0.3 is 14.6 Å². The molecule has 4 unspecified atom stereocenters. The van der Waals surface area contributed by atoms with E-state index in [1.54, 1.807) is 6.92 Å². The van der Waals surface area contributed by atoms with E-state index in [1.165, 1.54) is 38.5 Å². The molecule has 6 heteroatoms. The summed E-state index contributed by atoms with van der Waals surface area (Å²) in [6, 6.07) is 0.618. The van der Waals surface area contributed by atoms with E-state index < -0.39 is 5.60 Å². The minimum atomic E-state index is -0.407. The van der Waals surface area contributed by atoms with E-state index in [1.807, 2.05) is 0 Å². The van der Waals surface area contributed by atoms with E-state index in [9.17, 15) is 9.90 Å². The largest absolute Gasteiger partial charge is 0.457 e. The van der Waals surface area contributed by atoms with Crippen molar-refractivity contribution in [3.63, 3.8) is 0 Å². The fraction of sp³-hybridized carbons (Fsp3) is 0.967. The van der Waals surface area contributed by atoms with Crippen LogP contribution in [-0.4, -0.2) is 84.1 Å². The van der Waals surface area contributed by atoms with Gasteiger partial charge in [0.25, 0.3) is 0 Å². The molecule has 0 aromatic carbocycles. The zero-order valence-electron chi connectivity index (χ0n) is 23.2. The van der Waals surface area contributed by atoms with Crippen molar-refractivity contribution >= 4 is 5.97 Å². The molecule has 0 aromatic rings. The van der Waals surface area contributed by atoms with Crippen molar-refractivity contribution in [3.05, 3.63) is 0 Å². The number of hydrogen-bond acceptors (Lipinski definition) is 6. The van der Waals surface area contributed by atoms with Crippen molar-refractivity contribution in [2.24, 2.45) is 34.5 Å². The monoisotopic (exact) mass is 502 g/mol. The van der Waals surface area contributed by atoms with Gasteiger partial charge in [0, 0.05) is 31.5 Å². The van der Waals surface area contributed by atoms with Gasteiger partial charge in [0.15, 0.2) is 0 Å². The molecule has 2 saturated heterocycles. The standard InChI is InChI=1S/C30H50N2O4/c1-20(33)36-30(4)27(32-11-5-6-12-32)18-24-22-8-7-21-17-26(34)25(31-13-15-35-16-14-31)19-28(21,2)23(22)9-10-29(24,30)3/h21-27,34H,5-19H2,1-4H3/t21-,22?,23?,24?,25-,26-,27-,28-,29-,30?/m0/s1. The number of ether oxygens (including phenoxy) is 2. The van der Waals surface area contributed by atoms with Crippen LogP contribution >= 0.6 is 0 Å². The van der Waals surface area contributed by atoms with Crippen LogP contribution in [0.25, 0.3) is 0 Å². The first kappa shape index (κ1) is 25.6. The highest BCUT2D eigenvalue weighted by Crippen LogP contribution is 2.69. The summed E-state index contributed by atoms with van der Waals surface area (Å²) in [6.45, 7) is 14.8. The predicted octanol–water partition coefficient (Wildman–Crippen LogP) is 4.10. The quantitative estimate of drug-likeness (QED) is 0.587. The molecule has 6 fully saturated rings. The van der Waals surface area contributed by atoms with Crippen molar-refractivity contribution in [1.82, 2.24) is 9.80 Å². The predicted molar refractivity (Wildman–Crippen MR) is 139 cm³/mol. The van der Waals surface area contributed by atoms with Crippen LogP contribution in [0, 0.1) is 34.5 Å². The number of carbonyl (C=O) groups excluding carboxylic acids is 1. The third kappa shape index (κ3) is 3.75. The van der Waals surface area contributed by atoms with Crippen LogP contribution in [0.15, 0.2) is 0 Å². The molecule has 0 spiro atoms. The van der Waals surface area contributed by atoms with E-state index in [4.69, 9.17) is 9.47 Å². The lowest BCUT2D eigenvalue weighted by Gasteiger charge is -2.63. The summed E-state index contributed by atoms with van der Waals surface area (Å²) in [5, 5.41) is 11.2. The number of aliphatic hydroxyl groups excluding tert-OH is 1. The van der Waals surface area contributed by atoms with Gasteiger partial charge in [0.1, 0.15) is 5.60 Å². The Morgan fingerprint density at radius 3 is 2.36 bits per heavy atom. The molecule has 6 rings (SSSR count). The van der Waals surface area contributed by atoms with Crippen molar-refractivity contribution < 1.29 is 19.4 Å². The Hall–Kier alpha value is -0.690. The zero-order valence-corrected chi connectivity index (χ0v) is 23.2. The fourth-order valence-electron chi connectivity index (χ4n) is 10.8. The van der Waals surface area contributed by atoms with Gasteiger partial charge in [-0.2, -0.15) is 0 Å². The third-order valence-electron chi connectivity index (χ3n) is 12.8. The second-order valence-electron chi connectivity index (χ2n) is 14.0. The van der Waals surface area contributed by atoms with E-state index in [0.29, 0.717) is 29.7 Å². The highest BCUT2D eigenvalue weighted by molar-refractivity contribution is 5.67. The molecule has 4 saturated carbocycles. The molecule has 36 heavy (non-hydrogen) atoms. The Morgan fingerprint density at radius 2 is 1.67 bits per heavy atom. The number of morpholine rings is 1. The second-order valence-corrected chi connectivity index (χ2v) is 14.0. The number of likely N-dealkylation sites (tertiary alicyclic amines) is 1. The van der Waals surface area contributed by atoms with Crippen LogP contribution < -0.4 is 0 Å². The SMILES string of the molecule is CC(=O)OC1(C)[C@@H](N2CCCC2)CC2C3CC[C@H]4C[C@H](O)[C@@H](N5CCOCC5)C[C@]4(C)C3CC[C@@]21C. The highest BCUT2D eigenvalue weighted by Gasteiger charge is 2.69. The summed E-state index contributed by atoms with van der Waals surface area (Å²) >= 11 is 0. The van der Waals surface area contributed by atoms with Crippen LogP contribution in [0.4, 0.5) is 0 Å². The summed E-state index contributed by atoms with van der Waals surface area (Å²) in [7, 11) is 0. The molecule has 2 heterocycles. The highest BCUT2D eigenvalue weighted by atomic mass is 16.6. The molecular weight excluding hydrogens is 452 g/mol. The van der Waals surface area contributed by atoms with Crippen molar-refractivity contribution in [2.45, 2.75) is 109 Å². The number of rotatable bonds is 3. The third-order valence-corrected chi connectivity index (χ3v) is 12.8. The smallest absolute Gasteiger partial charge is 0.303 e. The minimum absolute atomic E-state index is 0.0358. The van der Waals surface area contributed by atoms with Gasteiger partial charge in [-0.25, -0.2) is 0 Å². The Kier molecular flexibility index (Phi) is 6.54. The molecule has 4 aliphatic carbocycles. The summed E-state index contributed by atoms with van der Waals surface area (Å²) in [5.41, 5.74) is -0.0836. The van der Waals surface area contributed by atoms with E-state index in [-0.39, 0.29) is 28.9 Å². The molecule has 0 bridgehead atoms. The van der Waals surface area contributed by atoms with Crippen LogP contribution in [-0.2, 0) is 14.3 Å². The van der Waals surface area contributed by atoms with Crippen molar-refractivity contribution in [2.75, 3.05) is 39.4 Å².